The Hall–Kier alpha value is -1.20. The molecule has 1 rings (SSSR count). The number of carbonyl (C=O) groups excluding carboxylic acids is 2. The van der Waals surface area contributed by atoms with Crippen molar-refractivity contribution in [2.75, 3.05) is 26.7 Å². The van der Waals surface area contributed by atoms with Crippen molar-refractivity contribution < 1.29 is 17.8 Å². The van der Waals surface area contributed by atoms with Crippen LogP contribution in [-0.2, 0) is 16.0 Å². The van der Waals surface area contributed by atoms with Gasteiger partial charge in [0.2, 0.25) is 16.1 Å². The van der Waals surface area contributed by atoms with E-state index < -0.39 is 0 Å². The smallest absolute Gasteiger partial charge is 0.337 e. The first-order chi connectivity index (χ1) is 9.44. The summed E-state index contributed by atoms with van der Waals surface area (Å²) in [5.41, 5.74) is 1.41. The number of benzene rings is 1. The van der Waals surface area contributed by atoms with Gasteiger partial charge < -0.3 is 4.74 Å². The predicted octanol–water partition coefficient (Wildman–Crippen LogP) is 2.75. The van der Waals surface area contributed by atoms with Gasteiger partial charge in [-0.1, -0.05) is 12.1 Å². The first-order valence-corrected chi connectivity index (χ1v) is 7.39. The maximum Gasteiger partial charge on any atom is 0.337 e. The number of ether oxygens (including phenoxy) is 1. The van der Waals surface area contributed by atoms with Crippen LogP contribution in [0, 0.1) is 0 Å². The van der Waals surface area contributed by atoms with E-state index in [9.17, 15) is 9.59 Å². The number of ketones is 1. The van der Waals surface area contributed by atoms with Gasteiger partial charge in [-0.15, -0.1) is 0 Å². The van der Waals surface area contributed by atoms with Gasteiger partial charge in [-0.05, 0) is 31.5 Å². The minimum Gasteiger partial charge on any atom is -0.465 e. The van der Waals surface area contributed by atoms with E-state index in [1.807, 2.05) is 0 Å². The van der Waals surface area contributed by atoms with Crippen molar-refractivity contribution in [3.8, 4) is 0 Å². The molecule has 0 fully saturated rings. The molecule has 0 radical (unpaired) electrons. The molecule has 0 N–H and O–H groups in total. The van der Waals surface area contributed by atoms with E-state index in [-0.39, 0.29) is 11.8 Å². The second-order valence-corrected chi connectivity index (χ2v) is 6.23. The number of rotatable bonds is 7. The first kappa shape index (κ1) is 16.9. The lowest BCUT2D eigenvalue weighted by molar-refractivity contribution is -0.766. The van der Waals surface area contributed by atoms with Gasteiger partial charge in [0.05, 0.1) is 25.8 Å². The molecule has 0 aliphatic rings. The van der Waals surface area contributed by atoms with Crippen LogP contribution in [0.5, 0.6) is 0 Å². The van der Waals surface area contributed by atoms with Gasteiger partial charge in [-0.3, -0.25) is 8.30 Å². The Morgan fingerprint density at radius 1 is 1.15 bits per heavy atom. The van der Waals surface area contributed by atoms with Gasteiger partial charge in [0.15, 0.2) is 5.78 Å². The Morgan fingerprint density at radius 3 is 2.15 bits per heavy atom. The third-order valence-corrected chi connectivity index (χ3v) is 4.62. The van der Waals surface area contributed by atoms with Gasteiger partial charge in [-0.25, -0.2) is 4.79 Å². The SMILES string of the molecule is CC[N+](Br)(CC)CC(=O)Cc1ccc(C(=O)OC)cc1. The van der Waals surface area contributed by atoms with E-state index in [2.05, 4.69) is 34.7 Å². The van der Waals surface area contributed by atoms with E-state index in [0.717, 1.165) is 18.7 Å². The molecule has 0 amide bonds. The molecule has 20 heavy (non-hydrogen) atoms. The third kappa shape index (κ3) is 4.72. The van der Waals surface area contributed by atoms with E-state index >= 15 is 0 Å². The van der Waals surface area contributed by atoms with Crippen molar-refractivity contribution in [1.82, 2.24) is 0 Å². The molecule has 0 aliphatic heterocycles. The number of quaternary nitrogens is 1. The van der Waals surface area contributed by atoms with E-state index in [1.165, 1.54) is 7.11 Å². The van der Waals surface area contributed by atoms with Crippen LogP contribution in [-0.4, -0.2) is 42.0 Å². The number of nitrogens with zero attached hydrogens (tertiary/aromatic N) is 1. The summed E-state index contributed by atoms with van der Waals surface area (Å²) >= 11 is 3.59. The molecule has 1 aromatic rings. The van der Waals surface area contributed by atoms with Crippen molar-refractivity contribution in [3.63, 3.8) is 0 Å². The predicted molar refractivity (Wildman–Crippen MR) is 81.6 cm³/mol. The normalized spacial score (nSPS) is 11.2. The Kier molecular flexibility index (Phi) is 6.36. The second-order valence-electron chi connectivity index (χ2n) is 4.72. The average Bonchev–Trinajstić information content (AvgIpc) is 2.46. The zero-order chi connectivity index (χ0) is 15.2. The maximum atomic E-state index is 12.1. The van der Waals surface area contributed by atoms with Crippen LogP contribution in [0.4, 0.5) is 0 Å². The standard InChI is InChI=1S/C15H21BrNO3/c1-4-17(16,5-2)11-14(18)10-12-6-8-13(9-7-12)15(19)20-3/h6-9H,4-5,10-11H2,1-3H3/q+1. The quantitative estimate of drug-likeness (QED) is 0.565. The molecule has 0 spiro atoms. The number of methoxy groups -OCH3 is 1. The number of likely N-dealkylation sites (N-methyl/N-ethyl adjacent to an activating group) is 1. The van der Waals surface area contributed by atoms with Crippen LogP contribution in [0.1, 0.15) is 29.8 Å². The molecule has 110 valence electrons. The Morgan fingerprint density at radius 2 is 1.70 bits per heavy atom. The fourth-order valence-electron chi connectivity index (χ4n) is 1.92. The number of hydrogen-bond acceptors (Lipinski definition) is 3. The summed E-state index contributed by atoms with van der Waals surface area (Å²) in [7, 11) is 1.35. The monoisotopic (exact) mass is 342 g/mol. The Balaban J connectivity index is 2.65. The molecule has 0 saturated heterocycles. The molecule has 0 bridgehead atoms. The zero-order valence-electron chi connectivity index (χ0n) is 12.2. The molecule has 0 heterocycles. The fraction of sp³-hybridized carbons (Fsp3) is 0.467. The molecule has 0 saturated carbocycles. The van der Waals surface area contributed by atoms with Crippen LogP contribution in [0.3, 0.4) is 0 Å². The van der Waals surface area contributed by atoms with E-state index in [4.69, 9.17) is 0 Å². The third-order valence-electron chi connectivity index (χ3n) is 3.37. The Labute approximate surface area is 128 Å². The first-order valence-electron chi connectivity index (χ1n) is 6.68. The van der Waals surface area contributed by atoms with Crippen LogP contribution in [0.2, 0.25) is 0 Å². The van der Waals surface area contributed by atoms with Gasteiger partial charge in [0.1, 0.15) is 6.54 Å². The average molecular weight is 343 g/mol. The summed E-state index contributed by atoms with van der Waals surface area (Å²) < 4.78 is 5.21. The number of hydrogen-bond donors (Lipinski definition) is 0. The lowest BCUT2D eigenvalue weighted by Gasteiger charge is -2.26. The van der Waals surface area contributed by atoms with Crippen molar-refractivity contribution in [1.29, 1.82) is 0 Å². The van der Waals surface area contributed by atoms with E-state index in [1.54, 1.807) is 24.3 Å². The lowest BCUT2D eigenvalue weighted by Crippen LogP contribution is -2.41. The maximum absolute atomic E-state index is 12.1. The van der Waals surface area contributed by atoms with Crippen molar-refractivity contribution in [2.24, 2.45) is 0 Å². The molecule has 0 aliphatic carbocycles. The largest absolute Gasteiger partial charge is 0.465 e. The molecular formula is C15H21BrNO3+. The number of carbonyl (C=O) groups is 2. The van der Waals surface area contributed by atoms with Gasteiger partial charge in [0, 0.05) is 6.42 Å². The number of halogens is 1. The highest BCUT2D eigenvalue weighted by Crippen LogP contribution is 2.15. The van der Waals surface area contributed by atoms with Gasteiger partial charge in [-0.2, -0.15) is 0 Å². The van der Waals surface area contributed by atoms with Crippen LogP contribution in [0.25, 0.3) is 0 Å². The highest BCUT2D eigenvalue weighted by atomic mass is 79.9. The molecule has 4 nitrogen and oxygen atoms in total. The second kappa shape index (κ2) is 7.55. The summed E-state index contributed by atoms with van der Waals surface area (Å²) in [6, 6.07) is 6.96. The van der Waals surface area contributed by atoms with Crippen molar-refractivity contribution >= 4 is 27.9 Å². The van der Waals surface area contributed by atoms with Gasteiger partial charge in [0.25, 0.3) is 0 Å². The van der Waals surface area contributed by atoms with Crippen molar-refractivity contribution in [2.45, 2.75) is 20.3 Å². The lowest BCUT2D eigenvalue weighted by atomic mass is 10.1. The molecule has 0 atom stereocenters. The summed E-state index contributed by atoms with van der Waals surface area (Å²) in [5.74, 6) is -0.188. The van der Waals surface area contributed by atoms with Crippen molar-refractivity contribution in [3.05, 3.63) is 35.4 Å². The van der Waals surface area contributed by atoms with Crippen LogP contribution < -0.4 is 0 Å². The molecule has 0 unspecified atom stereocenters. The molecule has 5 heteroatoms. The molecular weight excluding hydrogens is 322 g/mol. The topological polar surface area (TPSA) is 43.4 Å². The minimum absolute atomic E-state index is 0.177. The van der Waals surface area contributed by atoms with Gasteiger partial charge >= 0.3 is 5.97 Å². The minimum atomic E-state index is -0.365. The summed E-state index contributed by atoms with van der Waals surface area (Å²) in [6.07, 6.45) is 0.382. The summed E-state index contributed by atoms with van der Waals surface area (Å²) in [6.45, 7) is 6.30. The molecule has 1 aromatic carbocycles. The summed E-state index contributed by atoms with van der Waals surface area (Å²) in [4.78, 5) is 23.4. The van der Waals surface area contributed by atoms with Crippen LogP contribution >= 0.6 is 16.1 Å². The Bertz CT molecular complexity index is 467. The van der Waals surface area contributed by atoms with E-state index in [0.29, 0.717) is 22.0 Å². The number of esters is 1. The molecule has 0 aromatic heterocycles. The zero-order valence-corrected chi connectivity index (χ0v) is 13.8. The number of Topliss-reactive ketones (excluding diaryl/α,β-unsaturated/α-hetero) is 1. The highest BCUT2D eigenvalue weighted by molar-refractivity contribution is 9.05. The highest BCUT2D eigenvalue weighted by Gasteiger charge is 2.24. The van der Waals surface area contributed by atoms with Crippen LogP contribution in [0.15, 0.2) is 24.3 Å². The fourth-order valence-corrected chi connectivity index (χ4v) is 2.20. The summed E-state index contributed by atoms with van der Waals surface area (Å²) in [5, 5.41) is 0.